The highest BCUT2D eigenvalue weighted by molar-refractivity contribution is 5.29. The van der Waals surface area contributed by atoms with E-state index < -0.39 is 5.60 Å². The molecule has 90 valence electrons. The van der Waals surface area contributed by atoms with E-state index in [2.05, 4.69) is 32.6 Å². The summed E-state index contributed by atoms with van der Waals surface area (Å²) >= 11 is 0. The van der Waals surface area contributed by atoms with E-state index >= 15 is 0 Å². The molecule has 0 unspecified atom stereocenters. The SMILES string of the molecule is CC1(C)[C@@H]2CC[C@@]1(C)[C@@](O)(C#CCCO)C2. The summed E-state index contributed by atoms with van der Waals surface area (Å²) in [5.74, 6) is 6.54. The molecule has 0 aromatic rings. The minimum absolute atomic E-state index is 0.0760. The number of aliphatic hydroxyl groups is 2. The van der Waals surface area contributed by atoms with Gasteiger partial charge >= 0.3 is 0 Å². The normalized spacial score (nSPS) is 44.2. The summed E-state index contributed by atoms with van der Waals surface area (Å²) in [6.07, 6.45) is 3.54. The molecule has 0 radical (unpaired) electrons. The fourth-order valence-corrected chi connectivity index (χ4v) is 3.73. The molecule has 0 amide bonds. The molecule has 2 rings (SSSR count). The minimum Gasteiger partial charge on any atom is -0.395 e. The van der Waals surface area contributed by atoms with Crippen LogP contribution in [0.3, 0.4) is 0 Å². The molecular formula is C14H22O2. The van der Waals surface area contributed by atoms with Gasteiger partial charge in [-0.1, -0.05) is 32.6 Å². The van der Waals surface area contributed by atoms with Crippen molar-refractivity contribution in [2.45, 2.75) is 52.1 Å². The van der Waals surface area contributed by atoms with Gasteiger partial charge in [-0.3, -0.25) is 0 Å². The molecule has 2 aliphatic carbocycles. The van der Waals surface area contributed by atoms with Crippen molar-refractivity contribution in [2.75, 3.05) is 6.61 Å². The third-order valence-electron chi connectivity index (χ3n) is 5.42. The van der Waals surface area contributed by atoms with E-state index in [1.807, 2.05) is 0 Å². The summed E-state index contributed by atoms with van der Waals surface area (Å²) in [7, 11) is 0. The van der Waals surface area contributed by atoms with Crippen molar-refractivity contribution in [1.29, 1.82) is 0 Å². The fraction of sp³-hybridized carbons (Fsp3) is 0.857. The van der Waals surface area contributed by atoms with E-state index in [1.165, 1.54) is 6.42 Å². The van der Waals surface area contributed by atoms with Gasteiger partial charge in [-0.15, -0.1) is 0 Å². The van der Waals surface area contributed by atoms with Crippen molar-refractivity contribution in [2.24, 2.45) is 16.7 Å². The van der Waals surface area contributed by atoms with E-state index in [4.69, 9.17) is 5.11 Å². The maximum Gasteiger partial charge on any atom is 0.131 e. The van der Waals surface area contributed by atoms with Gasteiger partial charge in [0.1, 0.15) is 5.60 Å². The molecule has 2 bridgehead atoms. The zero-order chi connectivity index (χ0) is 12.0. The first-order chi connectivity index (χ1) is 7.37. The van der Waals surface area contributed by atoms with Crippen molar-refractivity contribution in [3.8, 4) is 11.8 Å². The van der Waals surface area contributed by atoms with Crippen LogP contribution in [0.1, 0.15) is 46.5 Å². The number of rotatable bonds is 1. The summed E-state index contributed by atoms with van der Waals surface area (Å²) in [5, 5.41) is 19.5. The number of fused-ring (bicyclic) bond motifs is 2. The Morgan fingerprint density at radius 1 is 1.31 bits per heavy atom. The van der Waals surface area contributed by atoms with Gasteiger partial charge in [0.2, 0.25) is 0 Å². The quantitative estimate of drug-likeness (QED) is 0.666. The summed E-state index contributed by atoms with van der Waals surface area (Å²) < 4.78 is 0. The van der Waals surface area contributed by atoms with Crippen molar-refractivity contribution in [3.63, 3.8) is 0 Å². The Hall–Kier alpha value is -0.520. The molecule has 16 heavy (non-hydrogen) atoms. The number of hydrogen-bond donors (Lipinski definition) is 2. The monoisotopic (exact) mass is 222 g/mol. The second-order valence-electron chi connectivity index (χ2n) is 6.13. The summed E-state index contributed by atoms with van der Waals surface area (Å²) in [5.41, 5.74) is -0.753. The average Bonchev–Trinajstić information content (AvgIpc) is 2.50. The van der Waals surface area contributed by atoms with Crippen LogP contribution >= 0.6 is 0 Å². The molecule has 2 aliphatic rings. The van der Waals surface area contributed by atoms with Gasteiger partial charge in [0, 0.05) is 11.8 Å². The zero-order valence-electron chi connectivity index (χ0n) is 10.5. The fourth-order valence-electron chi connectivity index (χ4n) is 3.73. The number of hydrogen-bond acceptors (Lipinski definition) is 2. The molecule has 2 N–H and O–H groups in total. The lowest BCUT2D eigenvalue weighted by atomic mass is 9.64. The lowest BCUT2D eigenvalue weighted by Crippen LogP contribution is -2.46. The highest BCUT2D eigenvalue weighted by Gasteiger charge is 2.68. The van der Waals surface area contributed by atoms with Crippen LogP contribution in [0.15, 0.2) is 0 Å². The smallest absolute Gasteiger partial charge is 0.131 e. The third kappa shape index (κ3) is 1.28. The summed E-state index contributed by atoms with van der Waals surface area (Å²) in [4.78, 5) is 0. The van der Waals surface area contributed by atoms with Crippen LogP contribution in [0, 0.1) is 28.6 Å². The van der Waals surface area contributed by atoms with Gasteiger partial charge < -0.3 is 10.2 Å². The van der Waals surface area contributed by atoms with Crippen molar-refractivity contribution < 1.29 is 10.2 Å². The molecule has 0 spiro atoms. The molecule has 2 nitrogen and oxygen atoms in total. The van der Waals surface area contributed by atoms with Crippen LogP contribution in [0.25, 0.3) is 0 Å². The standard InChI is InChI=1S/C14H22O2/c1-12(2)11-6-8-13(12,3)14(16,10-11)7-4-5-9-15/h11,15-16H,5-6,8-10H2,1-3H3/t11-,13-,14-/m1/s1. The first-order valence-electron chi connectivity index (χ1n) is 6.21. The van der Waals surface area contributed by atoms with Crippen LogP contribution in [-0.2, 0) is 0 Å². The molecule has 0 heterocycles. The Bertz CT molecular complexity index is 349. The van der Waals surface area contributed by atoms with Crippen LogP contribution in [0.4, 0.5) is 0 Å². The molecular weight excluding hydrogens is 200 g/mol. The van der Waals surface area contributed by atoms with E-state index in [-0.39, 0.29) is 17.4 Å². The second-order valence-corrected chi connectivity index (χ2v) is 6.13. The molecule has 0 aromatic heterocycles. The maximum absolute atomic E-state index is 10.7. The Labute approximate surface area is 98.1 Å². The van der Waals surface area contributed by atoms with E-state index in [1.54, 1.807) is 0 Å². The largest absolute Gasteiger partial charge is 0.395 e. The van der Waals surface area contributed by atoms with Gasteiger partial charge in [-0.2, -0.15) is 0 Å². The lowest BCUT2D eigenvalue weighted by molar-refractivity contribution is -0.0433. The van der Waals surface area contributed by atoms with Gasteiger partial charge in [0.15, 0.2) is 0 Å². The third-order valence-corrected chi connectivity index (χ3v) is 5.42. The summed E-state index contributed by atoms with van der Waals surface area (Å²) in [6, 6.07) is 0. The Morgan fingerprint density at radius 2 is 2.00 bits per heavy atom. The van der Waals surface area contributed by atoms with E-state index in [9.17, 15) is 5.11 Å². The minimum atomic E-state index is -0.839. The van der Waals surface area contributed by atoms with Gasteiger partial charge in [-0.05, 0) is 30.6 Å². The number of aliphatic hydroxyl groups excluding tert-OH is 1. The van der Waals surface area contributed by atoms with E-state index in [0.717, 1.165) is 12.8 Å². The first kappa shape index (κ1) is 12.0. The molecule has 2 fully saturated rings. The molecule has 0 aliphatic heterocycles. The van der Waals surface area contributed by atoms with Gasteiger partial charge in [0.25, 0.3) is 0 Å². The predicted molar refractivity (Wildman–Crippen MR) is 63.7 cm³/mol. The molecule has 3 atom stereocenters. The van der Waals surface area contributed by atoms with Crippen LogP contribution in [0.5, 0.6) is 0 Å². The Morgan fingerprint density at radius 3 is 2.44 bits per heavy atom. The van der Waals surface area contributed by atoms with Gasteiger partial charge in [0.05, 0.1) is 6.61 Å². The molecule has 0 aromatic carbocycles. The van der Waals surface area contributed by atoms with Gasteiger partial charge in [-0.25, -0.2) is 0 Å². The maximum atomic E-state index is 10.7. The molecule has 2 saturated carbocycles. The Kier molecular flexibility index (Phi) is 2.60. The highest BCUT2D eigenvalue weighted by atomic mass is 16.3. The summed E-state index contributed by atoms with van der Waals surface area (Å²) in [6.45, 7) is 6.77. The average molecular weight is 222 g/mol. The molecule has 0 saturated heterocycles. The van der Waals surface area contributed by atoms with Crippen molar-refractivity contribution in [1.82, 2.24) is 0 Å². The highest BCUT2D eigenvalue weighted by Crippen LogP contribution is 2.69. The van der Waals surface area contributed by atoms with E-state index in [0.29, 0.717) is 12.3 Å². The van der Waals surface area contributed by atoms with Crippen molar-refractivity contribution in [3.05, 3.63) is 0 Å². The topological polar surface area (TPSA) is 40.5 Å². The zero-order valence-corrected chi connectivity index (χ0v) is 10.5. The van der Waals surface area contributed by atoms with Crippen LogP contribution in [0.2, 0.25) is 0 Å². The molecule has 2 heteroatoms. The Balaban J connectivity index is 2.30. The first-order valence-corrected chi connectivity index (χ1v) is 6.21. The van der Waals surface area contributed by atoms with Crippen LogP contribution < -0.4 is 0 Å². The van der Waals surface area contributed by atoms with Crippen molar-refractivity contribution >= 4 is 0 Å². The second kappa shape index (κ2) is 3.48. The van der Waals surface area contributed by atoms with Crippen LogP contribution in [-0.4, -0.2) is 22.4 Å². The predicted octanol–water partition coefficient (Wildman–Crippen LogP) is 1.95. The lowest BCUT2D eigenvalue weighted by Gasteiger charge is -2.42.